The molecule has 0 fully saturated rings. The Morgan fingerprint density at radius 2 is 2.12 bits per heavy atom. The molecule has 1 rings (SSSR count). The van der Waals surface area contributed by atoms with Crippen molar-refractivity contribution in [1.82, 2.24) is 10.2 Å². The molecule has 0 unspecified atom stereocenters. The molecule has 0 aliphatic rings. The molecule has 0 radical (unpaired) electrons. The summed E-state index contributed by atoms with van der Waals surface area (Å²) in [5.41, 5.74) is 0. The summed E-state index contributed by atoms with van der Waals surface area (Å²) >= 11 is 1.83. The molecule has 0 saturated carbocycles. The third-order valence-electron chi connectivity index (χ3n) is 2.67. The lowest BCUT2D eigenvalue weighted by Crippen LogP contribution is -2.24. The van der Waals surface area contributed by atoms with E-state index >= 15 is 0 Å². The van der Waals surface area contributed by atoms with Gasteiger partial charge in [0.05, 0.1) is 0 Å². The van der Waals surface area contributed by atoms with Gasteiger partial charge < -0.3 is 10.2 Å². The Balaban J connectivity index is 1.91. The maximum absolute atomic E-state index is 3.48. The van der Waals surface area contributed by atoms with Crippen molar-refractivity contribution in [2.45, 2.75) is 32.7 Å². The Labute approximate surface area is 104 Å². The van der Waals surface area contributed by atoms with Crippen molar-refractivity contribution in [3.8, 4) is 0 Å². The maximum Gasteiger partial charge on any atom is 0.0299 e. The number of hydrogen-bond acceptors (Lipinski definition) is 3. The molecule has 0 atom stereocenters. The van der Waals surface area contributed by atoms with Crippen LogP contribution in [0.5, 0.6) is 0 Å². The average molecular weight is 240 g/mol. The van der Waals surface area contributed by atoms with E-state index in [1.165, 1.54) is 37.2 Å². The standard InChI is InChI=1S/C13H24N2S/c1-3-4-9-15(2)10-6-8-14-12-13-7-5-11-16-13/h5,7,11,14H,3-4,6,8-10,12H2,1-2H3. The summed E-state index contributed by atoms with van der Waals surface area (Å²) in [6, 6.07) is 4.30. The Kier molecular flexibility index (Phi) is 7.47. The van der Waals surface area contributed by atoms with Crippen LogP contribution in [0.4, 0.5) is 0 Å². The third-order valence-corrected chi connectivity index (χ3v) is 3.54. The summed E-state index contributed by atoms with van der Waals surface area (Å²) in [7, 11) is 2.22. The first kappa shape index (κ1) is 13.7. The number of nitrogens with zero attached hydrogens (tertiary/aromatic N) is 1. The second-order valence-electron chi connectivity index (χ2n) is 4.27. The fraction of sp³-hybridized carbons (Fsp3) is 0.692. The maximum atomic E-state index is 3.48. The zero-order chi connectivity index (χ0) is 11.6. The van der Waals surface area contributed by atoms with Gasteiger partial charge in [0.2, 0.25) is 0 Å². The average Bonchev–Trinajstić information content (AvgIpc) is 2.79. The predicted octanol–water partition coefficient (Wildman–Crippen LogP) is 2.96. The quantitative estimate of drug-likeness (QED) is 0.668. The summed E-state index contributed by atoms with van der Waals surface area (Å²) in [5.74, 6) is 0. The Morgan fingerprint density at radius 1 is 1.31 bits per heavy atom. The molecule has 2 nitrogen and oxygen atoms in total. The molecule has 0 aliphatic heterocycles. The first-order valence-corrected chi connectivity index (χ1v) is 7.12. The highest BCUT2D eigenvalue weighted by atomic mass is 32.1. The summed E-state index contributed by atoms with van der Waals surface area (Å²) < 4.78 is 0. The van der Waals surface area contributed by atoms with Crippen molar-refractivity contribution < 1.29 is 0 Å². The van der Waals surface area contributed by atoms with Gasteiger partial charge in [-0.3, -0.25) is 0 Å². The SMILES string of the molecule is CCCCN(C)CCCNCc1cccs1. The first-order chi connectivity index (χ1) is 7.83. The molecule has 0 amide bonds. The van der Waals surface area contributed by atoms with Gasteiger partial charge in [-0.25, -0.2) is 0 Å². The van der Waals surface area contributed by atoms with Crippen molar-refractivity contribution >= 4 is 11.3 Å². The number of rotatable bonds is 9. The minimum atomic E-state index is 1.02. The van der Waals surface area contributed by atoms with E-state index in [1.54, 1.807) is 0 Å². The first-order valence-electron chi connectivity index (χ1n) is 6.24. The van der Waals surface area contributed by atoms with Crippen molar-refractivity contribution in [2.24, 2.45) is 0 Å². The van der Waals surface area contributed by atoms with E-state index in [9.17, 15) is 0 Å². The highest BCUT2D eigenvalue weighted by Crippen LogP contribution is 2.07. The fourth-order valence-corrected chi connectivity index (χ4v) is 2.31. The molecule has 1 aromatic heterocycles. The molecular formula is C13H24N2S. The fourth-order valence-electron chi connectivity index (χ4n) is 1.64. The van der Waals surface area contributed by atoms with E-state index in [2.05, 4.69) is 41.7 Å². The topological polar surface area (TPSA) is 15.3 Å². The second kappa shape index (κ2) is 8.74. The van der Waals surface area contributed by atoms with Crippen LogP contribution in [0.3, 0.4) is 0 Å². The number of unbranched alkanes of at least 4 members (excludes halogenated alkanes) is 1. The van der Waals surface area contributed by atoms with E-state index in [0.29, 0.717) is 0 Å². The summed E-state index contributed by atoms with van der Waals surface area (Å²) in [6.07, 6.45) is 3.85. The Hall–Kier alpha value is -0.380. The van der Waals surface area contributed by atoms with Crippen LogP contribution in [0, 0.1) is 0 Å². The van der Waals surface area contributed by atoms with Crippen LogP contribution in [-0.4, -0.2) is 31.6 Å². The van der Waals surface area contributed by atoms with Crippen LogP contribution in [0.15, 0.2) is 17.5 Å². The van der Waals surface area contributed by atoms with Crippen LogP contribution in [0.25, 0.3) is 0 Å². The number of thiophene rings is 1. The number of hydrogen-bond donors (Lipinski definition) is 1. The zero-order valence-electron chi connectivity index (χ0n) is 10.5. The van der Waals surface area contributed by atoms with Gasteiger partial charge in [-0.15, -0.1) is 11.3 Å². The van der Waals surface area contributed by atoms with Gasteiger partial charge >= 0.3 is 0 Å². The van der Waals surface area contributed by atoms with Crippen molar-refractivity contribution in [1.29, 1.82) is 0 Å². The van der Waals surface area contributed by atoms with E-state index in [0.717, 1.165) is 13.1 Å². The summed E-state index contributed by atoms with van der Waals surface area (Å²) in [6.45, 7) is 6.83. The van der Waals surface area contributed by atoms with E-state index in [4.69, 9.17) is 0 Å². The molecule has 1 aromatic rings. The normalized spacial score (nSPS) is 11.2. The molecule has 92 valence electrons. The molecule has 1 heterocycles. The largest absolute Gasteiger partial charge is 0.312 e. The zero-order valence-corrected chi connectivity index (χ0v) is 11.4. The van der Waals surface area contributed by atoms with Crippen molar-refractivity contribution in [2.75, 3.05) is 26.7 Å². The van der Waals surface area contributed by atoms with Gasteiger partial charge in [0.15, 0.2) is 0 Å². The van der Waals surface area contributed by atoms with Crippen LogP contribution in [-0.2, 0) is 6.54 Å². The van der Waals surface area contributed by atoms with Gasteiger partial charge in [-0.05, 0) is 51.0 Å². The molecule has 0 aromatic carbocycles. The van der Waals surface area contributed by atoms with E-state index in [1.807, 2.05) is 11.3 Å². The Morgan fingerprint density at radius 3 is 2.81 bits per heavy atom. The van der Waals surface area contributed by atoms with Gasteiger partial charge in [0.25, 0.3) is 0 Å². The molecular weight excluding hydrogens is 216 g/mol. The molecule has 0 bridgehead atoms. The van der Waals surface area contributed by atoms with Gasteiger partial charge in [-0.2, -0.15) is 0 Å². The monoisotopic (exact) mass is 240 g/mol. The Bertz CT molecular complexity index is 246. The predicted molar refractivity (Wildman–Crippen MR) is 73.0 cm³/mol. The third kappa shape index (κ3) is 6.26. The van der Waals surface area contributed by atoms with Crippen molar-refractivity contribution in [3.05, 3.63) is 22.4 Å². The minimum absolute atomic E-state index is 1.02. The molecule has 1 N–H and O–H groups in total. The van der Waals surface area contributed by atoms with Crippen molar-refractivity contribution in [3.63, 3.8) is 0 Å². The molecule has 16 heavy (non-hydrogen) atoms. The van der Waals surface area contributed by atoms with Crippen LogP contribution < -0.4 is 5.32 Å². The highest BCUT2D eigenvalue weighted by Gasteiger charge is 1.97. The number of nitrogens with one attached hydrogen (secondary N) is 1. The highest BCUT2D eigenvalue weighted by molar-refractivity contribution is 7.09. The van der Waals surface area contributed by atoms with Crippen LogP contribution in [0.2, 0.25) is 0 Å². The van der Waals surface area contributed by atoms with Crippen LogP contribution in [0.1, 0.15) is 31.1 Å². The van der Waals surface area contributed by atoms with E-state index < -0.39 is 0 Å². The van der Waals surface area contributed by atoms with Crippen LogP contribution >= 0.6 is 11.3 Å². The molecule has 0 aliphatic carbocycles. The lowest BCUT2D eigenvalue weighted by molar-refractivity contribution is 0.321. The molecule has 0 saturated heterocycles. The molecule has 0 spiro atoms. The van der Waals surface area contributed by atoms with Gasteiger partial charge in [0, 0.05) is 11.4 Å². The van der Waals surface area contributed by atoms with E-state index in [-0.39, 0.29) is 0 Å². The summed E-state index contributed by atoms with van der Waals surface area (Å²) in [5, 5.41) is 5.62. The second-order valence-corrected chi connectivity index (χ2v) is 5.30. The summed E-state index contributed by atoms with van der Waals surface area (Å²) in [4.78, 5) is 3.86. The van der Waals surface area contributed by atoms with Gasteiger partial charge in [0.1, 0.15) is 0 Å². The lowest BCUT2D eigenvalue weighted by atomic mass is 10.3. The minimum Gasteiger partial charge on any atom is -0.312 e. The molecule has 3 heteroatoms. The lowest BCUT2D eigenvalue weighted by Gasteiger charge is -2.15. The van der Waals surface area contributed by atoms with Gasteiger partial charge in [-0.1, -0.05) is 19.4 Å². The smallest absolute Gasteiger partial charge is 0.0299 e.